The molecule has 0 aliphatic heterocycles. The Kier molecular flexibility index (Phi) is 7.51. The van der Waals surface area contributed by atoms with E-state index in [1.165, 1.54) is 12.1 Å². The van der Waals surface area contributed by atoms with Gasteiger partial charge < -0.3 is 15.7 Å². The molecule has 1 aromatic heterocycles. The molecule has 2 aromatic carbocycles. The average molecular weight is 499 g/mol. The molecule has 5 N–H and O–H groups in total. The highest BCUT2D eigenvalue weighted by Crippen LogP contribution is 2.46. The van der Waals surface area contributed by atoms with Gasteiger partial charge >= 0.3 is 5.92 Å². The highest BCUT2D eigenvalue weighted by atomic mass is 19.3. The summed E-state index contributed by atoms with van der Waals surface area (Å²) in [7, 11) is 0. The summed E-state index contributed by atoms with van der Waals surface area (Å²) in [4.78, 5) is 3.58. The van der Waals surface area contributed by atoms with Gasteiger partial charge in [0.15, 0.2) is 17.2 Å². The topological polar surface area (TPSA) is 110 Å². The predicted molar refractivity (Wildman–Crippen MR) is 113 cm³/mol. The smallest absolute Gasteiger partial charge is 0.323 e. The van der Waals surface area contributed by atoms with E-state index in [2.05, 4.69) is 10.1 Å². The Morgan fingerprint density at radius 2 is 1.80 bits per heavy atom. The minimum atomic E-state index is -4.29. The summed E-state index contributed by atoms with van der Waals surface area (Å²) in [6.45, 7) is -1.55. The Hall–Kier alpha value is -3.84. The van der Waals surface area contributed by atoms with E-state index >= 15 is 8.78 Å². The summed E-state index contributed by atoms with van der Waals surface area (Å²) < 4.78 is 91.3. The highest BCUT2D eigenvalue weighted by Gasteiger charge is 2.58. The number of benzene rings is 2. The van der Waals surface area contributed by atoms with Gasteiger partial charge in [-0.2, -0.15) is 13.9 Å². The number of aromatic nitrogens is 1. The molecular weight excluding hydrogens is 480 g/mol. The van der Waals surface area contributed by atoms with Crippen LogP contribution in [0.2, 0.25) is 0 Å². The standard InChI is InChI=1S/C22H19F6N5O2/c23-14-4-6-16(18(25)8-14)21(34,11-33(30)12-32-29)22(27,28)19-7-5-15(9-31-19)35-10-13-2-1-3-17(24)20(13)26/h1-9,12,34H,10-11,29-30H2/b32-12-. The van der Waals surface area contributed by atoms with Crippen molar-refractivity contribution in [3.05, 3.63) is 94.8 Å². The molecular formula is C22H19F6N5O2. The Labute approximate surface area is 195 Å². The predicted octanol–water partition coefficient (Wildman–Crippen LogP) is 3.27. The van der Waals surface area contributed by atoms with Crippen LogP contribution in [-0.4, -0.2) is 28.0 Å². The number of halogens is 6. The van der Waals surface area contributed by atoms with Crippen LogP contribution in [0.4, 0.5) is 26.3 Å². The van der Waals surface area contributed by atoms with Gasteiger partial charge in [-0.05, 0) is 30.3 Å². The lowest BCUT2D eigenvalue weighted by molar-refractivity contribution is -0.203. The van der Waals surface area contributed by atoms with Gasteiger partial charge in [0.1, 0.15) is 36.0 Å². The molecule has 3 rings (SSSR count). The molecule has 1 unspecified atom stereocenters. The lowest BCUT2D eigenvalue weighted by Gasteiger charge is -2.37. The Balaban J connectivity index is 1.92. The van der Waals surface area contributed by atoms with Crippen LogP contribution in [0.15, 0.2) is 59.8 Å². The number of aliphatic hydroxyl groups is 1. The van der Waals surface area contributed by atoms with Crippen molar-refractivity contribution in [1.29, 1.82) is 0 Å². The van der Waals surface area contributed by atoms with Gasteiger partial charge in [-0.3, -0.25) is 9.99 Å². The molecule has 0 saturated heterocycles. The number of hydrazone groups is 1. The van der Waals surface area contributed by atoms with Gasteiger partial charge in [0.2, 0.25) is 0 Å². The zero-order valence-electron chi connectivity index (χ0n) is 17.8. The van der Waals surface area contributed by atoms with Crippen molar-refractivity contribution in [3.8, 4) is 5.75 Å². The number of alkyl halides is 2. The van der Waals surface area contributed by atoms with Crippen LogP contribution in [0, 0.1) is 23.3 Å². The SMILES string of the molecule is N/N=C\N(N)CC(O)(c1ccc(F)cc1F)C(F)(F)c1ccc(OCc2cccc(F)c2F)cn1. The summed E-state index contributed by atoms with van der Waals surface area (Å²) in [5.41, 5.74) is -5.47. The van der Waals surface area contributed by atoms with Crippen LogP contribution in [0.1, 0.15) is 16.8 Å². The van der Waals surface area contributed by atoms with Crippen molar-refractivity contribution in [2.75, 3.05) is 6.54 Å². The minimum absolute atomic E-state index is 0.0829. The Bertz CT molecular complexity index is 1210. The second-order valence-corrected chi connectivity index (χ2v) is 7.38. The molecule has 1 heterocycles. The molecule has 7 nitrogen and oxygen atoms in total. The minimum Gasteiger partial charge on any atom is -0.487 e. The molecule has 3 aromatic rings. The lowest BCUT2D eigenvalue weighted by Crippen LogP contribution is -2.53. The second kappa shape index (κ2) is 10.2. The quantitative estimate of drug-likeness (QED) is 0.137. The van der Waals surface area contributed by atoms with E-state index < -0.39 is 59.2 Å². The summed E-state index contributed by atoms with van der Waals surface area (Å²) in [5, 5.41) is 14.6. The van der Waals surface area contributed by atoms with E-state index in [4.69, 9.17) is 16.4 Å². The van der Waals surface area contributed by atoms with Gasteiger partial charge in [0.05, 0.1) is 12.7 Å². The number of nitrogens with zero attached hydrogens (tertiary/aromatic N) is 3. The first-order valence-electron chi connectivity index (χ1n) is 9.82. The largest absolute Gasteiger partial charge is 0.487 e. The number of nitrogens with two attached hydrogens (primary N) is 2. The second-order valence-electron chi connectivity index (χ2n) is 7.38. The third kappa shape index (κ3) is 5.30. The van der Waals surface area contributed by atoms with E-state index in [9.17, 15) is 22.7 Å². The van der Waals surface area contributed by atoms with E-state index in [1.807, 2.05) is 0 Å². The molecule has 0 spiro atoms. The summed E-state index contributed by atoms with van der Waals surface area (Å²) in [5.74, 6) is 1.37. The maximum absolute atomic E-state index is 15.6. The van der Waals surface area contributed by atoms with Crippen molar-refractivity contribution in [1.82, 2.24) is 9.99 Å². The molecule has 0 aliphatic carbocycles. The number of pyridine rings is 1. The molecule has 0 fully saturated rings. The van der Waals surface area contributed by atoms with Gasteiger partial charge in [-0.25, -0.2) is 23.4 Å². The van der Waals surface area contributed by atoms with E-state index in [0.717, 1.165) is 24.4 Å². The fraction of sp³-hybridized carbons (Fsp3) is 0.182. The molecule has 0 radical (unpaired) electrons. The van der Waals surface area contributed by atoms with Crippen molar-refractivity contribution in [3.63, 3.8) is 0 Å². The Morgan fingerprint density at radius 3 is 2.43 bits per heavy atom. The van der Waals surface area contributed by atoms with Crippen LogP contribution >= 0.6 is 0 Å². The van der Waals surface area contributed by atoms with E-state index in [1.54, 1.807) is 0 Å². The first-order chi connectivity index (χ1) is 16.5. The van der Waals surface area contributed by atoms with Crippen molar-refractivity contribution in [2.24, 2.45) is 16.8 Å². The maximum Gasteiger partial charge on any atom is 0.323 e. The van der Waals surface area contributed by atoms with Gasteiger partial charge in [0, 0.05) is 17.2 Å². The average Bonchev–Trinajstić information content (AvgIpc) is 2.80. The van der Waals surface area contributed by atoms with Crippen LogP contribution in [0.25, 0.3) is 0 Å². The maximum atomic E-state index is 15.6. The molecule has 0 saturated carbocycles. The normalized spacial score (nSPS) is 13.6. The number of ether oxygens (including phenoxy) is 1. The van der Waals surface area contributed by atoms with Crippen molar-refractivity contribution >= 4 is 6.34 Å². The van der Waals surface area contributed by atoms with E-state index in [-0.39, 0.29) is 11.3 Å². The number of hydrogen-bond acceptors (Lipinski definition) is 6. The number of rotatable bonds is 9. The zero-order valence-corrected chi connectivity index (χ0v) is 17.8. The molecule has 0 aliphatic rings. The number of hydrazine groups is 1. The van der Waals surface area contributed by atoms with Crippen LogP contribution in [-0.2, 0) is 18.1 Å². The van der Waals surface area contributed by atoms with Gasteiger partial charge in [-0.1, -0.05) is 12.1 Å². The third-order valence-electron chi connectivity index (χ3n) is 5.01. The molecule has 186 valence electrons. The van der Waals surface area contributed by atoms with Gasteiger partial charge in [-0.15, -0.1) is 0 Å². The lowest BCUT2D eigenvalue weighted by atomic mass is 9.84. The first-order valence-corrected chi connectivity index (χ1v) is 9.82. The van der Waals surface area contributed by atoms with Crippen molar-refractivity contribution in [2.45, 2.75) is 18.1 Å². The molecule has 1 atom stereocenters. The monoisotopic (exact) mass is 499 g/mol. The number of hydrogen-bond donors (Lipinski definition) is 3. The zero-order chi connectivity index (χ0) is 25.8. The molecule has 35 heavy (non-hydrogen) atoms. The fourth-order valence-corrected chi connectivity index (χ4v) is 3.25. The summed E-state index contributed by atoms with van der Waals surface area (Å²) in [6, 6.07) is 6.94. The first kappa shape index (κ1) is 25.8. The molecule has 0 bridgehead atoms. The van der Waals surface area contributed by atoms with E-state index in [0.29, 0.717) is 29.5 Å². The fourth-order valence-electron chi connectivity index (χ4n) is 3.25. The summed E-state index contributed by atoms with van der Waals surface area (Å²) >= 11 is 0. The Morgan fingerprint density at radius 1 is 1.06 bits per heavy atom. The van der Waals surface area contributed by atoms with Gasteiger partial charge in [0.25, 0.3) is 0 Å². The third-order valence-corrected chi connectivity index (χ3v) is 5.01. The van der Waals surface area contributed by atoms with Crippen LogP contribution in [0.3, 0.4) is 0 Å². The van der Waals surface area contributed by atoms with Crippen LogP contribution in [0.5, 0.6) is 5.75 Å². The molecule has 0 amide bonds. The van der Waals surface area contributed by atoms with Crippen molar-refractivity contribution < 1.29 is 36.2 Å². The van der Waals surface area contributed by atoms with Crippen LogP contribution < -0.4 is 16.4 Å². The summed E-state index contributed by atoms with van der Waals surface area (Å²) in [6.07, 6.45) is 1.56. The highest BCUT2D eigenvalue weighted by molar-refractivity contribution is 5.53. The molecule has 13 heteroatoms.